The SMILES string of the molecule is O=C(NCC1CCCc2ccccc21)C1(O)CCSCC1. The second-order valence-electron chi connectivity index (χ2n) is 6.14. The third-order valence-electron chi connectivity index (χ3n) is 4.75. The first-order chi connectivity index (χ1) is 10.2. The van der Waals surface area contributed by atoms with Crippen molar-refractivity contribution in [1.29, 1.82) is 0 Å². The van der Waals surface area contributed by atoms with Crippen LogP contribution in [-0.2, 0) is 11.2 Å². The van der Waals surface area contributed by atoms with Gasteiger partial charge in [0.2, 0.25) is 0 Å². The monoisotopic (exact) mass is 305 g/mol. The molecule has 0 spiro atoms. The molecule has 0 radical (unpaired) electrons. The molecule has 1 saturated heterocycles. The lowest BCUT2D eigenvalue weighted by Gasteiger charge is -2.32. The number of thioether (sulfide) groups is 1. The fourth-order valence-corrected chi connectivity index (χ4v) is 4.55. The van der Waals surface area contributed by atoms with E-state index in [0.717, 1.165) is 24.3 Å². The number of hydrogen-bond acceptors (Lipinski definition) is 3. The Kier molecular flexibility index (Phi) is 4.55. The van der Waals surface area contributed by atoms with Crippen LogP contribution in [0.15, 0.2) is 24.3 Å². The molecule has 21 heavy (non-hydrogen) atoms. The van der Waals surface area contributed by atoms with Crippen LogP contribution in [0.4, 0.5) is 0 Å². The molecule has 2 N–H and O–H groups in total. The smallest absolute Gasteiger partial charge is 0.252 e. The van der Waals surface area contributed by atoms with Gasteiger partial charge in [0.15, 0.2) is 0 Å². The van der Waals surface area contributed by atoms with E-state index in [9.17, 15) is 9.90 Å². The average Bonchev–Trinajstić information content (AvgIpc) is 2.53. The van der Waals surface area contributed by atoms with Crippen molar-refractivity contribution in [3.63, 3.8) is 0 Å². The summed E-state index contributed by atoms with van der Waals surface area (Å²) in [4.78, 5) is 12.3. The molecular weight excluding hydrogens is 282 g/mol. The van der Waals surface area contributed by atoms with E-state index in [1.54, 1.807) is 0 Å². The summed E-state index contributed by atoms with van der Waals surface area (Å²) in [5, 5.41) is 13.4. The summed E-state index contributed by atoms with van der Waals surface area (Å²) in [5.41, 5.74) is 1.64. The Hall–Kier alpha value is -1.00. The molecule has 2 aliphatic rings. The maximum atomic E-state index is 12.3. The summed E-state index contributed by atoms with van der Waals surface area (Å²) >= 11 is 1.81. The summed E-state index contributed by atoms with van der Waals surface area (Å²) in [6.45, 7) is 0.644. The molecule has 114 valence electrons. The van der Waals surface area contributed by atoms with E-state index in [2.05, 4.69) is 29.6 Å². The third kappa shape index (κ3) is 3.27. The summed E-state index contributed by atoms with van der Waals surface area (Å²) in [6, 6.07) is 8.53. The molecule has 0 bridgehead atoms. The van der Waals surface area contributed by atoms with Gasteiger partial charge in [-0.1, -0.05) is 24.3 Å². The molecule has 1 heterocycles. The highest BCUT2D eigenvalue weighted by Crippen LogP contribution is 2.31. The first kappa shape index (κ1) is 14.9. The molecule has 1 aromatic rings. The summed E-state index contributed by atoms with van der Waals surface area (Å²) in [5.74, 6) is 1.96. The number of aliphatic hydroxyl groups is 1. The summed E-state index contributed by atoms with van der Waals surface area (Å²) < 4.78 is 0. The minimum absolute atomic E-state index is 0.175. The van der Waals surface area contributed by atoms with Gasteiger partial charge in [-0.3, -0.25) is 4.79 Å². The largest absolute Gasteiger partial charge is 0.380 e. The minimum Gasteiger partial charge on any atom is -0.380 e. The van der Waals surface area contributed by atoms with E-state index in [-0.39, 0.29) is 5.91 Å². The van der Waals surface area contributed by atoms with Gasteiger partial charge in [-0.15, -0.1) is 0 Å². The van der Waals surface area contributed by atoms with E-state index < -0.39 is 5.60 Å². The summed E-state index contributed by atoms with van der Waals surface area (Å²) in [6.07, 6.45) is 4.58. The number of hydrogen-bond donors (Lipinski definition) is 2. The zero-order valence-corrected chi connectivity index (χ0v) is 13.1. The number of nitrogens with one attached hydrogen (secondary N) is 1. The fourth-order valence-electron chi connectivity index (χ4n) is 3.38. The highest BCUT2D eigenvalue weighted by molar-refractivity contribution is 7.99. The number of fused-ring (bicyclic) bond motifs is 1. The molecule has 0 aromatic heterocycles. The standard InChI is InChI=1S/C17H23NO2S/c19-16(17(20)8-10-21-11-9-17)18-12-14-6-3-5-13-4-1-2-7-15(13)14/h1-2,4,7,14,20H,3,5-6,8-12H2,(H,18,19). The molecular formula is C17H23NO2S. The molecule has 3 rings (SSSR count). The zero-order chi connectivity index (χ0) is 14.7. The Bertz CT molecular complexity index is 511. The Morgan fingerprint density at radius 3 is 2.90 bits per heavy atom. The van der Waals surface area contributed by atoms with Crippen molar-refractivity contribution in [2.45, 2.75) is 43.6 Å². The van der Waals surface area contributed by atoms with E-state index in [4.69, 9.17) is 0 Å². The molecule has 1 atom stereocenters. The van der Waals surface area contributed by atoms with Crippen LogP contribution in [0, 0.1) is 0 Å². The number of aryl methyl sites for hydroxylation is 1. The predicted molar refractivity (Wildman–Crippen MR) is 86.6 cm³/mol. The lowest BCUT2D eigenvalue weighted by atomic mass is 9.82. The lowest BCUT2D eigenvalue weighted by molar-refractivity contribution is -0.140. The quantitative estimate of drug-likeness (QED) is 0.902. The van der Waals surface area contributed by atoms with Gasteiger partial charge in [-0.25, -0.2) is 0 Å². The Morgan fingerprint density at radius 1 is 1.33 bits per heavy atom. The minimum atomic E-state index is -1.14. The second-order valence-corrected chi connectivity index (χ2v) is 7.37. The highest BCUT2D eigenvalue weighted by Gasteiger charge is 2.37. The molecule has 0 saturated carbocycles. The number of amides is 1. The molecule has 1 unspecified atom stereocenters. The van der Waals surface area contributed by atoms with Crippen LogP contribution in [-0.4, -0.2) is 34.7 Å². The normalized spacial score (nSPS) is 24.1. The lowest BCUT2D eigenvalue weighted by Crippen LogP contribution is -2.50. The van der Waals surface area contributed by atoms with Crippen LogP contribution in [0.5, 0.6) is 0 Å². The molecule has 3 nitrogen and oxygen atoms in total. The topological polar surface area (TPSA) is 49.3 Å². The molecule has 1 aliphatic carbocycles. The highest BCUT2D eigenvalue weighted by atomic mass is 32.2. The van der Waals surface area contributed by atoms with Gasteiger partial charge in [0.1, 0.15) is 5.60 Å². The van der Waals surface area contributed by atoms with Crippen molar-refractivity contribution in [3.8, 4) is 0 Å². The predicted octanol–water partition coefficient (Wildman–Crippen LogP) is 2.48. The van der Waals surface area contributed by atoms with Crippen molar-refractivity contribution in [2.75, 3.05) is 18.1 Å². The van der Waals surface area contributed by atoms with Gasteiger partial charge in [0, 0.05) is 12.5 Å². The van der Waals surface area contributed by atoms with Gasteiger partial charge < -0.3 is 10.4 Å². The molecule has 4 heteroatoms. The first-order valence-corrected chi connectivity index (χ1v) is 9.01. The van der Waals surface area contributed by atoms with E-state index >= 15 is 0 Å². The van der Waals surface area contributed by atoms with E-state index in [1.165, 1.54) is 17.5 Å². The van der Waals surface area contributed by atoms with Crippen LogP contribution in [0.3, 0.4) is 0 Å². The molecule has 1 aliphatic heterocycles. The number of rotatable bonds is 3. The number of carbonyl (C=O) groups is 1. The van der Waals surface area contributed by atoms with E-state index in [0.29, 0.717) is 25.3 Å². The number of benzene rings is 1. The van der Waals surface area contributed by atoms with Crippen molar-refractivity contribution in [3.05, 3.63) is 35.4 Å². The van der Waals surface area contributed by atoms with Gasteiger partial charge in [0.25, 0.3) is 5.91 Å². The van der Waals surface area contributed by atoms with Crippen molar-refractivity contribution < 1.29 is 9.90 Å². The Morgan fingerprint density at radius 2 is 2.10 bits per heavy atom. The molecule has 1 amide bonds. The number of carbonyl (C=O) groups excluding carboxylic acids is 1. The second kappa shape index (κ2) is 6.41. The van der Waals surface area contributed by atoms with Crippen molar-refractivity contribution >= 4 is 17.7 Å². The Balaban J connectivity index is 1.62. The Labute approximate surface area is 130 Å². The maximum absolute atomic E-state index is 12.3. The van der Waals surface area contributed by atoms with Crippen LogP contribution >= 0.6 is 11.8 Å². The van der Waals surface area contributed by atoms with Crippen LogP contribution in [0.2, 0.25) is 0 Å². The van der Waals surface area contributed by atoms with Crippen LogP contribution < -0.4 is 5.32 Å². The van der Waals surface area contributed by atoms with Crippen LogP contribution in [0.25, 0.3) is 0 Å². The van der Waals surface area contributed by atoms with Crippen molar-refractivity contribution in [1.82, 2.24) is 5.32 Å². The van der Waals surface area contributed by atoms with Gasteiger partial charge in [-0.05, 0) is 54.7 Å². The molecule has 1 fully saturated rings. The summed E-state index contributed by atoms with van der Waals surface area (Å²) in [7, 11) is 0. The van der Waals surface area contributed by atoms with Crippen LogP contribution in [0.1, 0.15) is 42.7 Å². The maximum Gasteiger partial charge on any atom is 0.252 e. The fraction of sp³-hybridized carbons (Fsp3) is 0.588. The van der Waals surface area contributed by atoms with Gasteiger partial charge in [-0.2, -0.15) is 11.8 Å². The average molecular weight is 305 g/mol. The van der Waals surface area contributed by atoms with Gasteiger partial charge in [0.05, 0.1) is 0 Å². The van der Waals surface area contributed by atoms with Crippen molar-refractivity contribution in [2.24, 2.45) is 0 Å². The first-order valence-electron chi connectivity index (χ1n) is 7.85. The molecule has 1 aromatic carbocycles. The van der Waals surface area contributed by atoms with Gasteiger partial charge >= 0.3 is 0 Å². The third-order valence-corrected chi connectivity index (χ3v) is 5.73. The van der Waals surface area contributed by atoms with E-state index in [1.807, 2.05) is 11.8 Å². The zero-order valence-electron chi connectivity index (χ0n) is 12.3.